The van der Waals surface area contributed by atoms with E-state index < -0.39 is 17.9 Å². The van der Waals surface area contributed by atoms with Crippen molar-refractivity contribution in [2.75, 3.05) is 15.5 Å². The number of carbonyl (C=O) groups excluding carboxylic acids is 2. The number of Topliss-reactive ketones (excluding diaryl/α,β-unsaturated/α-hetero) is 1. The van der Waals surface area contributed by atoms with Crippen molar-refractivity contribution in [1.82, 2.24) is 0 Å². The molecule has 168 valence electrons. The van der Waals surface area contributed by atoms with E-state index in [1.165, 1.54) is 30.5 Å². The van der Waals surface area contributed by atoms with E-state index in [1.54, 1.807) is 17.0 Å². The molecule has 0 radical (unpaired) electrons. The van der Waals surface area contributed by atoms with Gasteiger partial charge in [0.2, 0.25) is 0 Å². The van der Waals surface area contributed by atoms with Gasteiger partial charge >= 0.3 is 6.03 Å². The summed E-state index contributed by atoms with van der Waals surface area (Å²) in [5.74, 6) is 0.0712. The first kappa shape index (κ1) is 21.0. The van der Waals surface area contributed by atoms with Crippen molar-refractivity contribution in [3.05, 3.63) is 89.8 Å². The Morgan fingerprint density at radius 3 is 2.58 bits per heavy atom. The van der Waals surface area contributed by atoms with Gasteiger partial charge in [-0.15, -0.1) is 0 Å². The minimum atomic E-state index is -0.754. The predicted octanol–water partition coefficient (Wildman–Crippen LogP) is 6.27. The lowest BCUT2D eigenvalue weighted by atomic mass is 9.74. The van der Waals surface area contributed by atoms with Crippen molar-refractivity contribution >= 4 is 28.9 Å². The lowest BCUT2D eigenvalue weighted by Gasteiger charge is -2.36. The van der Waals surface area contributed by atoms with Gasteiger partial charge in [-0.25, -0.2) is 9.18 Å². The summed E-state index contributed by atoms with van der Waals surface area (Å²) in [5, 5.41) is 6.28. The van der Waals surface area contributed by atoms with Gasteiger partial charge in [-0.05, 0) is 60.4 Å². The molecule has 0 bridgehead atoms. The zero-order chi connectivity index (χ0) is 23.2. The van der Waals surface area contributed by atoms with Crippen LogP contribution in [0.2, 0.25) is 0 Å². The largest absolute Gasteiger partial charge is 0.467 e. The first-order valence-corrected chi connectivity index (χ1v) is 10.8. The minimum absolute atomic E-state index is 0.0254. The number of urea groups is 1. The van der Waals surface area contributed by atoms with Crippen molar-refractivity contribution in [3.8, 4) is 0 Å². The summed E-state index contributed by atoms with van der Waals surface area (Å²) in [4.78, 5) is 28.7. The molecule has 1 aromatic heterocycles. The van der Waals surface area contributed by atoms with E-state index >= 15 is 0 Å². The molecule has 0 spiro atoms. The molecule has 2 N–H and O–H groups in total. The number of amides is 2. The number of hydrogen-bond donors (Lipinski definition) is 2. The maximum Gasteiger partial charge on any atom is 0.327 e. The molecule has 1 aliphatic carbocycles. The molecule has 1 atom stereocenters. The summed E-state index contributed by atoms with van der Waals surface area (Å²) < 4.78 is 19.1. The van der Waals surface area contributed by atoms with Gasteiger partial charge in [0.1, 0.15) is 17.6 Å². The monoisotopic (exact) mass is 445 g/mol. The van der Waals surface area contributed by atoms with Crippen LogP contribution < -0.4 is 15.5 Å². The molecule has 5 rings (SSSR count). The van der Waals surface area contributed by atoms with Crippen molar-refractivity contribution in [2.24, 2.45) is 5.41 Å². The zero-order valence-corrected chi connectivity index (χ0v) is 18.4. The molecule has 1 unspecified atom stereocenters. The molecule has 7 heteroatoms. The van der Waals surface area contributed by atoms with Gasteiger partial charge in [0, 0.05) is 23.4 Å². The van der Waals surface area contributed by atoms with Crippen LogP contribution in [0.25, 0.3) is 0 Å². The highest BCUT2D eigenvalue weighted by molar-refractivity contribution is 6.09. The van der Waals surface area contributed by atoms with E-state index in [0.29, 0.717) is 35.5 Å². The van der Waals surface area contributed by atoms with E-state index in [4.69, 9.17) is 4.42 Å². The molecular formula is C26H24FN3O3. The molecule has 2 heterocycles. The lowest BCUT2D eigenvalue weighted by molar-refractivity contribution is -0.118. The molecule has 33 heavy (non-hydrogen) atoms. The smallest absolute Gasteiger partial charge is 0.327 e. The fourth-order valence-corrected chi connectivity index (χ4v) is 4.64. The summed E-state index contributed by atoms with van der Waals surface area (Å²) >= 11 is 0. The number of carbonyl (C=O) groups is 2. The quantitative estimate of drug-likeness (QED) is 0.488. The highest BCUT2D eigenvalue weighted by Crippen LogP contribution is 2.48. The van der Waals surface area contributed by atoms with Crippen LogP contribution in [0.15, 0.2) is 82.6 Å². The second-order valence-electron chi connectivity index (χ2n) is 9.20. The van der Waals surface area contributed by atoms with Crippen molar-refractivity contribution in [3.63, 3.8) is 0 Å². The summed E-state index contributed by atoms with van der Waals surface area (Å²) in [6.45, 7) is 4.13. The third-order valence-corrected chi connectivity index (χ3v) is 6.03. The fourth-order valence-electron chi connectivity index (χ4n) is 4.64. The van der Waals surface area contributed by atoms with E-state index in [2.05, 4.69) is 24.5 Å². The molecule has 2 amide bonds. The topological polar surface area (TPSA) is 74.6 Å². The maximum atomic E-state index is 13.7. The second kappa shape index (κ2) is 7.92. The Morgan fingerprint density at radius 1 is 1.09 bits per heavy atom. The van der Waals surface area contributed by atoms with E-state index in [-0.39, 0.29) is 11.2 Å². The average molecular weight is 445 g/mol. The van der Waals surface area contributed by atoms with E-state index in [1.807, 2.05) is 24.3 Å². The Morgan fingerprint density at radius 2 is 1.85 bits per heavy atom. The molecule has 0 saturated carbocycles. The average Bonchev–Trinajstić information content (AvgIpc) is 3.24. The zero-order valence-electron chi connectivity index (χ0n) is 18.4. The summed E-state index contributed by atoms with van der Waals surface area (Å²) in [6, 6.07) is 15.3. The summed E-state index contributed by atoms with van der Waals surface area (Å²) in [5.41, 5.74) is 2.88. The number of anilines is 3. The molecule has 0 fully saturated rings. The summed E-state index contributed by atoms with van der Waals surface area (Å²) in [6.07, 6.45) is 2.56. The number of furan rings is 1. The predicted molar refractivity (Wildman–Crippen MR) is 124 cm³/mol. The lowest BCUT2D eigenvalue weighted by Crippen LogP contribution is -2.41. The Labute approximate surface area is 191 Å². The molecule has 0 saturated heterocycles. The molecule has 1 aliphatic heterocycles. The maximum absolute atomic E-state index is 13.7. The van der Waals surface area contributed by atoms with E-state index in [9.17, 15) is 14.0 Å². The number of allylic oxidation sites excluding steroid dienone is 1. The SMILES string of the molecule is CC1(C)CC(=O)C2=C(C1)Nc1ccccc1N(C(=O)Nc1ccc(F)cc1)C2c1ccco1. The number of nitrogens with zero attached hydrogens (tertiary/aromatic N) is 1. The number of rotatable bonds is 2. The Balaban J connectivity index is 1.68. The van der Waals surface area contributed by atoms with Crippen molar-refractivity contribution < 1.29 is 18.4 Å². The number of fused-ring (bicyclic) bond motifs is 1. The third-order valence-electron chi connectivity index (χ3n) is 6.03. The van der Waals surface area contributed by atoms with Crippen LogP contribution in [0, 0.1) is 11.2 Å². The number of hydrogen-bond acceptors (Lipinski definition) is 4. The highest BCUT2D eigenvalue weighted by atomic mass is 19.1. The van der Waals surface area contributed by atoms with Gasteiger partial charge in [-0.1, -0.05) is 26.0 Å². The Bertz CT molecular complexity index is 1250. The first-order valence-electron chi connectivity index (χ1n) is 10.8. The van der Waals surface area contributed by atoms with Crippen LogP contribution in [0.4, 0.5) is 26.2 Å². The normalized spacial score (nSPS) is 19.3. The summed E-state index contributed by atoms with van der Waals surface area (Å²) in [7, 11) is 0. The highest BCUT2D eigenvalue weighted by Gasteiger charge is 2.44. The van der Waals surface area contributed by atoms with Crippen molar-refractivity contribution in [2.45, 2.75) is 32.7 Å². The number of nitrogens with one attached hydrogen (secondary N) is 2. The van der Waals surface area contributed by atoms with Gasteiger partial charge in [0.25, 0.3) is 0 Å². The van der Waals surface area contributed by atoms with Crippen LogP contribution in [-0.4, -0.2) is 11.8 Å². The van der Waals surface area contributed by atoms with Crippen molar-refractivity contribution in [1.29, 1.82) is 0 Å². The number of benzene rings is 2. The van der Waals surface area contributed by atoms with Crippen LogP contribution in [0.1, 0.15) is 38.5 Å². The molecule has 2 aromatic carbocycles. The molecule has 3 aromatic rings. The molecule has 6 nitrogen and oxygen atoms in total. The van der Waals surface area contributed by atoms with Gasteiger partial charge in [0.05, 0.1) is 17.6 Å². The second-order valence-corrected chi connectivity index (χ2v) is 9.20. The number of para-hydroxylation sites is 2. The van der Waals surface area contributed by atoms with Crippen LogP contribution in [0.3, 0.4) is 0 Å². The first-order chi connectivity index (χ1) is 15.8. The van der Waals surface area contributed by atoms with Gasteiger partial charge < -0.3 is 15.1 Å². The standard InChI is InChI=1S/C26H24FN3O3/c1-26(2)14-19-23(21(31)15-26)24(22-8-5-13-33-22)30(20-7-4-3-6-18(20)29-19)25(32)28-17-11-9-16(27)10-12-17/h3-13,24,29H,14-15H2,1-2H3,(H,28,32). The Kier molecular flexibility index (Phi) is 5.04. The van der Waals surface area contributed by atoms with Gasteiger partial charge in [-0.2, -0.15) is 0 Å². The third kappa shape index (κ3) is 3.91. The van der Waals surface area contributed by atoms with Gasteiger partial charge in [0.15, 0.2) is 5.78 Å². The van der Waals surface area contributed by atoms with E-state index in [0.717, 1.165) is 11.4 Å². The van der Waals surface area contributed by atoms with Crippen LogP contribution in [-0.2, 0) is 4.79 Å². The number of ketones is 1. The molecule has 2 aliphatic rings. The minimum Gasteiger partial charge on any atom is -0.467 e. The fraction of sp³-hybridized carbons (Fsp3) is 0.231. The number of halogens is 1. The van der Waals surface area contributed by atoms with Crippen LogP contribution >= 0.6 is 0 Å². The van der Waals surface area contributed by atoms with Crippen LogP contribution in [0.5, 0.6) is 0 Å². The van der Waals surface area contributed by atoms with Gasteiger partial charge in [-0.3, -0.25) is 9.69 Å². The molecular weight excluding hydrogens is 421 g/mol. The Hall–Kier alpha value is -3.87.